The van der Waals surface area contributed by atoms with Gasteiger partial charge in [-0.05, 0) is 6.07 Å². The lowest BCUT2D eigenvalue weighted by molar-refractivity contribution is 0.145. The van der Waals surface area contributed by atoms with Crippen LogP contribution in [0, 0.1) is 11.3 Å². The number of pyridine rings is 1. The zero-order chi connectivity index (χ0) is 10.7. The monoisotopic (exact) mass is 217 g/mol. The summed E-state index contributed by atoms with van der Waals surface area (Å²) in [6.07, 6.45) is -2.83. The Kier molecular flexibility index (Phi) is 3.33. The van der Waals surface area contributed by atoms with Crippen LogP contribution < -0.4 is 5.73 Å². The van der Waals surface area contributed by atoms with Gasteiger partial charge in [-0.25, -0.2) is 13.8 Å². The molecule has 0 saturated carbocycles. The zero-order valence-corrected chi connectivity index (χ0v) is 7.72. The van der Waals surface area contributed by atoms with E-state index in [1.54, 1.807) is 6.07 Å². The third kappa shape index (κ3) is 1.97. The molecule has 0 unspecified atom stereocenters. The van der Waals surface area contributed by atoms with Gasteiger partial charge in [-0.15, -0.1) is 0 Å². The van der Waals surface area contributed by atoms with Crippen molar-refractivity contribution in [3.8, 4) is 6.07 Å². The number of hydrogen-bond donors (Lipinski definition) is 1. The summed E-state index contributed by atoms with van der Waals surface area (Å²) in [6.45, 7) is 0.00511. The number of rotatable bonds is 2. The summed E-state index contributed by atoms with van der Waals surface area (Å²) >= 11 is 5.61. The predicted octanol–water partition coefficient (Wildman–Crippen LogP) is 2.00. The Morgan fingerprint density at radius 2 is 2.29 bits per heavy atom. The zero-order valence-electron chi connectivity index (χ0n) is 6.97. The number of nitriles is 1. The van der Waals surface area contributed by atoms with Crippen LogP contribution >= 0.6 is 11.6 Å². The highest BCUT2D eigenvalue weighted by Gasteiger charge is 2.18. The Bertz CT molecular complexity index is 387. The van der Waals surface area contributed by atoms with Crippen molar-refractivity contribution in [3.05, 3.63) is 28.0 Å². The molecule has 0 aliphatic carbocycles. The maximum Gasteiger partial charge on any atom is 0.281 e. The fourth-order valence-electron chi connectivity index (χ4n) is 0.957. The summed E-state index contributed by atoms with van der Waals surface area (Å²) in [5.74, 6) is 0. The molecule has 0 fully saturated rings. The largest absolute Gasteiger partial charge is 0.325 e. The first-order valence-corrected chi connectivity index (χ1v) is 4.05. The summed E-state index contributed by atoms with van der Waals surface area (Å²) < 4.78 is 24.8. The van der Waals surface area contributed by atoms with E-state index >= 15 is 0 Å². The maximum absolute atomic E-state index is 12.4. The van der Waals surface area contributed by atoms with Gasteiger partial charge in [-0.3, -0.25) is 0 Å². The second-order valence-electron chi connectivity index (χ2n) is 2.47. The Morgan fingerprint density at radius 3 is 2.71 bits per heavy atom. The molecule has 1 aromatic heterocycles. The minimum Gasteiger partial charge on any atom is -0.325 e. The van der Waals surface area contributed by atoms with Gasteiger partial charge in [-0.1, -0.05) is 11.6 Å². The van der Waals surface area contributed by atoms with E-state index in [-0.39, 0.29) is 22.8 Å². The first-order valence-electron chi connectivity index (χ1n) is 3.67. The van der Waals surface area contributed by atoms with Gasteiger partial charge in [0.05, 0.1) is 16.3 Å². The number of nitrogens with two attached hydrogens (primary N) is 1. The van der Waals surface area contributed by atoms with Crippen molar-refractivity contribution in [3.63, 3.8) is 0 Å². The van der Waals surface area contributed by atoms with E-state index in [1.807, 2.05) is 0 Å². The van der Waals surface area contributed by atoms with E-state index < -0.39 is 12.1 Å². The van der Waals surface area contributed by atoms with Crippen LogP contribution in [0.3, 0.4) is 0 Å². The van der Waals surface area contributed by atoms with Crippen LogP contribution in [0.4, 0.5) is 8.78 Å². The molecule has 0 aliphatic heterocycles. The van der Waals surface area contributed by atoms with Gasteiger partial charge in [0.2, 0.25) is 0 Å². The molecule has 1 rings (SSSR count). The molecule has 14 heavy (non-hydrogen) atoms. The SMILES string of the molecule is N#Cc1c(Cl)cc(CN)nc1C(F)F. The molecule has 74 valence electrons. The highest BCUT2D eigenvalue weighted by Crippen LogP contribution is 2.26. The minimum atomic E-state index is -2.83. The topological polar surface area (TPSA) is 62.7 Å². The van der Waals surface area contributed by atoms with Gasteiger partial charge < -0.3 is 5.73 Å². The fourth-order valence-corrected chi connectivity index (χ4v) is 1.22. The van der Waals surface area contributed by atoms with E-state index in [9.17, 15) is 8.78 Å². The van der Waals surface area contributed by atoms with Crippen molar-refractivity contribution in [1.82, 2.24) is 4.98 Å². The molecule has 3 nitrogen and oxygen atoms in total. The van der Waals surface area contributed by atoms with Crippen LogP contribution in [0.15, 0.2) is 6.07 Å². The van der Waals surface area contributed by atoms with Gasteiger partial charge in [-0.2, -0.15) is 5.26 Å². The minimum absolute atomic E-state index is 0.00511. The van der Waals surface area contributed by atoms with Crippen LogP contribution in [0.1, 0.15) is 23.4 Å². The number of aromatic nitrogens is 1. The van der Waals surface area contributed by atoms with Crippen molar-refractivity contribution in [1.29, 1.82) is 5.26 Å². The van der Waals surface area contributed by atoms with Crippen molar-refractivity contribution in [2.24, 2.45) is 5.73 Å². The van der Waals surface area contributed by atoms with E-state index in [0.717, 1.165) is 0 Å². The van der Waals surface area contributed by atoms with Crippen LogP contribution in [0.25, 0.3) is 0 Å². The fraction of sp³-hybridized carbons (Fsp3) is 0.250. The Balaban J connectivity index is 3.37. The summed E-state index contributed by atoms with van der Waals surface area (Å²) in [5.41, 5.74) is 4.57. The van der Waals surface area contributed by atoms with Gasteiger partial charge in [0.15, 0.2) is 0 Å². The Hall–Kier alpha value is -1.25. The third-order valence-corrected chi connectivity index (χ3v) is 1.88. The van der Waals surface area contributed by atoms with E-state index in [2.05, 4.69) is 4.98 Å². The maximum atomic E-state index is 12.4. The molecule has 1 heterocycles. The second-order valence-corrected chi connectivity index (χ2v) is 2.88. The van der Waals surface area contributed by atoms with Crippen molar-refractivity contribution < 1.29 is 8.78 Å². The lowest BCUT2D eigenvalue weighted by Crippen LogP contribution is -2.05. The molecule has 1 aromatic rings. The van der Waals surface area contributed by atoms with Crippen LogP contribution in [0.5, 0.6) is 0 Å². The quantitative estimate of drug-likeness (QED) is 0.824. The van der Waals surface area contributed by atoms with Gasteiger partial charge in [0, 0.05) is 6.54 Å². The van der Waals surface area contributed by atoms with Gasteiger partial charge in [0.1, 0.15) is 11.8 Å². The first-order chi connectivity index (χ1) is 6.60. The molecular weight excluding hydrogens is 212 g/mol. The van der Waals surface area contributed by atoms with Crippen LogP contribution in [-0.2, 0) is 6.54 Å². The van der Waals surface area contributed by atoms with Crippen LogP contribution in [0.2, 0.25) is 5.02 Å². The van der Waals surface area contributed by atoms with Crippen molar-refractivity contribution >= 4 is 11.6 Å². The molecule has 0 radical (unpaired) electrons. The average Bonchev–Trinajstić information content (AvgIpc) is 2.16. The molecule has 6 heteroatoms. The van der Waals surface area contributed by atoms with E-state index in [1.165, 1.54) is 6.07 Å². The highest BCUT2D eigenvalue weighted by atomic mass is 35.5. The smallest absolute Gasteiger partial charge is 0.281 e. The molecule has 0 saturated heterocycles. The number of halogens is 3. The molecule has 0 aromatic carbocycles. The van der Waals surface area contributed by atoms with Crippen molar-refractivity contribution in [2.75, 3.05) is 0 Å². The lowest BCUT2D eigenvalue weighted by atomic mass is 10.2. The lowest BCUT2D eigenvalue weighted by Gasteiger charge is -2.05. The van der Waals surface area contributed by atoms with E-state index in [0.29, 0.717) is 0 Å². The predicted molar refractivity (Wildman–Crippen MR) is 46.8 cm³/mol. The number of hydrogen-bond acceptors (Lipinski definition) is 3. The standard InChI is InChI=1S/C8H6ClF2N3/c9-6-1-4(2-12)14-7(8(10)11)5(6)3-13/h1,8H,2,12H2. The molecule has 0 aliphatic rings. The van der Waals surface area contributed by atoms with Crippen molar-refractivity contribution in [2.45, 2.75) is 13.0 Å². The molecule has 0 spiro atoms. The molecule has 2 N–H and O–H groups in total. The average molecular weight is 218 g/mol. The first kappa shape index (κ1) is 10.8. The molecule has 0 bridgehead atoms. The number of alkyl halides is 2. The Labute approximate surface area is 84.1 Å². The molecular formula is C8H6ClF2N3. The molecule has 0 amide bonds. The summed E-state index contributed by atoms with van der Waals surface area (Å²) in [4.78, 5) is 3.54. The summed E-state index contributed by atoms with van der Waals surface area (Å²) in [6, 6.07) is 2.89. The normalized spacial score (nSPS) is 10.3. The summed E-state index contributed by atoms with van der Waals surface area (Å²) in [5, 5.41) is 8.53. The summed E-state index contributed by atoms with van der Waals surface area (Å²) in [7, 11) is 0. The second kappa shape index (κ2) is 4.31. The van der Waals surface area contributed by atoms with Gasteiger partial charge >= 0.3 is 0 Å². The van der Waals surface area contributed by atoms with Gasteiger partial charge in [0.25, 0.3) is 6.43 Å². The Morgan fingerprint density at radius 1 is 1.64 bits per heavy atom. The van der Waals surface area contributed by atoms with E-state index in [4.69, 9.17) is 22.6 Å². The number of nitrogens with zero attached hydrogens (tertiary/aromatic N) is 2. The van der Waals surface area contributed by atoms with Crippen LogP contribution in [-0.4, -0.2) is 4.98 Å². The third-order valence-electron chi connectivity index (χ3n) is 1.58. The molecule has 0 atom stereocenters. The highest BCUT2D eigenvalue weighted by molar-refractivity contribution is 6.31.